The van der Waals surface area contributed by atoms with Crippen LogP contribution in [0.3, 0.4) is 0 Å². The molecule has 1 aromatic rings. The van der Waals surface area contributed by atoms with Gasteiger partial charge in [0.2, 0.25) is 0 Å². The van der Waals surface area contributed by atoms with Crippen LogP contribution < -0.4 is 4.74 Å². The first-order chi connectivity index (χ1) is 9.02. The third kappa shape index (κ3) is 3.07. The average molecular weight is 263 g/mol. The number of ether oxygens (including phenoxy) is 1. The van der Waals surface area contributed by atoms with Crippen molar-refractivity contribution in [2.75, 3.05) is 19.7 Å². The van der Waals surface area contributed by atoms with E-state index in [0.29, 0.717) is 19.6 Å². The Kier molecular flexibility index (Phi) is 4.10. The lowest BCUT2D eigenvalue weighted by molar-refractivity contribution is -0.148. The summed E-state index contributed by atoms with van der Waals surface area (Å²) >= 11 is 0. The highest BCUT2D eigenvalue weighted by Gasteiger charge is 2.42. The number of carboxylic acids is 1. The number of aliphatic carboxylic acids is 1. The van der Waals surface area contributed by atoms with Crippen LogP contribution >= 0.6 is 0 Å². The molecule has 0 spiro atoms. The van der Waals surface area contributed by atoms with Gasteiger partial charge in [-0.1, -0.05) is 12.1 Å². The SMILES string of the molecule is Cc1cccc(OCCN2CCCC2(C)C(=O)O)c1. The van der Waals surface area contributed by atoms with E-state index >= 15 is 0 Å². The first kappa shape index (κ1) is 13.9. The highest BCUT2D eigenvalue weighted by Crippen LogP contribution is 2.28. The summed E-state index contributed by atoms with van der Waals surface area (Å²) in [5.74, 6) is 0.108. The topological polar surface area (TPSA) is 49.8 Å². The van der Waals surface area contributed by atoms with Crippen LogP contribution in [0.1, 0.15) is 25.3 Å². The second kappa shape index (κ2) is 5.61. The van der Waals surface area contributed by atoms with Crippen molar-refractivity contribution < 1.29 is 14.6 Å². The molecule has 1 aliphatic heterocycles. The van der Waals surface area contributed by atoms with Crippen molar-refractivity contribution in [1.29, 1.82) is 0 Å². The molecule has 0 bridgehead atoms. The number of carbonyl (C=O) groups is 1. The molecule has 1 heterocycles. The van der Waals surface area contributed by atoms with E-state index in [1.54, 1.807) is 6.92 Å². The molecule has 1 saturated heterocycles. The molecule has 1 N–H and O–H groups in total. The molecule has 4 nitrogen and oxygen atoms in total. The predicted molar refractivity (Wildman–Crippen MR) is 73.5 cm³/mol. The maximum absolute atomic E-state index is 11.3. The summed E-state index contributed by atoms with van der Waals surface area (Å²) in [7, 11) is 0. The zero-order chi connectivity index (χ0) is 13.9. The van der Waals surface area contributed by atoms with Gasteiger partial charge in [-0.05, 0) is 50.9 Å². The molecule has 0 aliphatic carbocycles. The molecular weight excluding hydrogens is 242 g/mol. The molecule has 2 rings (SSSR count). The number of carboxylic acid groups (broad SMARTS) is 1. The molecule has 0 amide bonds. The van der Waals surface area contributed by atoms with Crippen molar-refractivity contribution >= 4 is 5.97 Å². The van der Waals surface area contributed by atoms with Gasteiger partial charge in [-0.3, -0.25) is 9.69 Å². The van der Waals surface area contributed by atoms with E-state index in [1.165, 1.54) is 0 Å². The summed E-state index contributed by atoms with van der Waals surface area (Å²) < 4.78 is 5.69. The third-order valence-corrected chi connectivity index (χ3v) is 3.87. The van der Waals surface area contributed by atoms with E-state index in [4.69, 9.17) is 4.74 Å². The van der Waals surface area contributed by atoms with Gasteiger partial charge in [-0.25, -0.2) is 0 Å². The average Bonchev–Trinajstić information content (AvgIpc) is 2.73. The van der Waals surface area contributed by atoms with E-state index in [0.717, 1.165) is 24.3 Å². The molecule has 19 heavy (non-hydrogen) atoms. The zero-order valence-electron chi connectivity index (χ0n) is 11.6. The van der Waals surface area contributed by atoms with Crippen LogP contribution in [0.4, 0.5) is 0 Å². The van der Waals surface area contributed by atoms with Crippen LogP contribution in [0.5, 0.6) is 5.75 Å². The highest BCUT2D eigenvalue weighted by molar-refractivity contribution is 5.78. The number of likely N-dealkylation sites (tertiary alicyclic amines) is 1. The van der Waals surface area contributed by atoms with Crippen LogP contribution in [-0.2, 0) is 4.79 Å². The standard InChI is InChI=1S/C15H21NO3/c1-12-5-3-6-13(11-12)19-10-9-16-8-4-7-15(16,2)14(17)18/h3,5-6,11H,4,7-10H2,1-2H3,(H,17,18). The monoisotopic (exact) mass is 263 g/mol. The Morgan fingerprint density at radius 1 is 1.53 bits per heavy atom. The number of aryl methyl sites for hydroxylation is 1. The summed E-state index contributed by atoms with van der Waals surface area (Å²) in [6.07, 6.45) is 1.65. The number of hydrogen-bond acceptors (Lipinski definition) is 3. The molecule has 1 aliphatic rings. The van der Waals surface area contributed by atoms with E-state index in [1.807, 2.05) is 36.1 Å². The van der Waals surface area contributed by atoms with Gasteiger partial charge in [0.05, 0.1) is 0 Å². The molecule has 4 heteroatoms. The van der Waals surface area contributed by atoms with Crippen LogP contribution in [-0.4, -0.2) is 41.2 Å². The normalized spacial score (nSPS) is 23.5. The number of nitrogens with zero attached hydrogens (tertiary/aromatic N) is 1. The lowest BCUT2D eigenvalue weighted by atomic mass is 9.99. The summed E-state index contributed by atoms with van der Waals surface area (Å²) in [4.78, 5) is 13.3. The van der Waals surface area contributed by atoms with Crippen molar-refractivity contribution in [3.8, 4) is 5.75 Å². The lowest BCUT2D eigenvalue weighted by Gasteiger charge is -2.30. The largest absolute Gasteiger partial charge is 0.492 e. The fraction of sp³-hybridized carbons (Fsp3) is 0.533. The molecule has 0 aromatic heterocycles. The van der Waals surface area contributed by atoms with E-state index in [-0.39, 0.29) is 0 Å². The van der Waals surface area contributed by atoms with Crippen LogP contribution in [0.15, 0.2) is 24.3 Å². The minimum atomic E-state index is -0.736. The van der Waals surface area contributed by atoms with Gasteiger partial charge >= 0.3 is 5.97 Å². The number of rotatable bonds is 5. The number of hydrogen-bond donors (Lipinski definition) is 1. The second-order valence-corrected chi connectivity index (χ2v) is 5.33. The van der Waals surface area contributed by atoms with Crippen LogP contribution in [0, 0.1) is 6.92 Å². The Balaban J connectivity index is 1.87. The lowest BCUT2D eigenvalue weighted by Crippen LogP contribution is -2.49. The molecule has 1 unspecified atom stereocenters. The summed E-state index contributed by atoms with van der Waals surface area (Å²) in [6.45, 7) is 5.83. The summed E-state index contributed by atoms with van der Waals surface area (Å²) in [5, 5.41) is 9.31. The smallest absolute Gasteiger partial charge is 0.323 e. The second-order valence-electron chi connectivity index (χ2n) is 5.33. The zero-order valence-corrected chi connectivity index (χ0v) is 11.6. The Morgan fingerprint density at radius 2 is 2.32 bits per heavy atom. The minimum Gasteiger partial charge on any atom is -0.492 e. The fourth-order valence-electron chi connectivity index (χ4n) is 2.60. The van der Waals surface area contributed by atoms with Gasteiger partial charge < -0.3 is 9.84 Å². The van der Waals surface area contributed by atoms with Crippen LogP contribution in [0.2, 0.25) is 0 Å². The van der Waals surface area contributed by atoms with Crippen LogP contribution in [0.25, 0.3) is 0 Å². The Morgan fingerprint density at radius 3 is 3.00 bits per heavy atom. The molecule has 1 atom stereocenters. The molecule has 0 saturated carbocycles. The maximum Gasteiger partial charge on any atom is 0.323 e. The van der Waals surface area contributed by atoms with E-state index in [2.05, 4.69) is 0 Å². The predicted octanol–water partition coefficient (Wildman–Crippen LogP) is 2.31. The first-order valence-corrected chi connectivity index (χ1v) is 6.70. The minimum absolute atomic E-state index is 0.520. The summed E-state index contributed by atoms with van der Waals surface area (Å²) in [5.41, 5.74) is 0.435. The Bertz CT molecular complexity index is 460. The van der Waals surface area contributed by atoms with E-state index in [9.17, 15) is 9.90 Å². The van der Waals surface area contributed by atoms with Crippen molar-refractivity contribution in [3.63, 3.8) is 0 Å². The molecule has 1 fully saturated rings. The van der Waals surface area contributed by atoms with Gasteiger partial charge in [0.25, 0.3) is 0 Å². The maximum atomic E-state index is 11.3. The van der Waals surface area contributed by atoms with Gasteiger partial charge in [-0.15, -0.1) is 0 Å². The molecule has 104 valence electrons. The fourth-order valence-corrected chi connectivity index (χ4v) is 2.60. The summed E-state index contributed by atoms with van der Waals surface area (Å²) in [6, 6.07) is 7.89. The van der Waals surface area contributed by atoms with Crippen molar-refractivity contribution in [2.24, 2.45) is 0 Å². The number of benzene rings is 1. The quantitative estimate of drug-likeness (QED) is 0.885. The van der Waals surface area contributed by atoms with Crippen molar-refractivity contribution in [3.05, 3.63) is 29.8 Å². The van der Waals surface area contributed by atoms with Crippen molar-refractivity contribution in [1.82, 2.24) is 4.90 Å². The van der Waals surface area contributed by atoms with Crippen molar-refractivity contribution in [2.45, 2.75) is 32.2 Å². The third-order valence-electron chi connectivity index (χ3n) is 3.87. The van der Waals surface area contributed by atoms with E-state index < -0.39 is 11.5 Å². The first-order valence-electron chi connectivity index (χ1n) is 6.70. The van der Waals surface area contributed by atoms with Gasteiger partial charge in [-0.2, -0.15) is 0 Å². The van der Waals surface area contributed by atoms with Gasteiger partial charge in [0, 0.05) is 6.54 Å². The molecule has 0 radical (unpaired) electrons. The van der Waals surface area contributed by atoms with Gasteiger partial charge in [0.1, 0.15) is 17.9 Å². The molecular formula is C15H21NO3. The Labute approximate surface area is 114 Å². The van der Waals surface area contributed by atoms with Gasteiger partial charge in [0.15, 0.2) is 0 Å². The molecule has 1 aromatic carbocycles. The highest BCUT2D eigenvalue weighted by atomic mass is 16.5. The Hall–Kier alpha value is -1.55.